The minimum Gasteiger partial charge on any atom is -0.351 e. The number of nitrogens with one attached hydrogen (secondary N) is 1. The molecule has 1 aliphatic heterocycles. The third-order valence-corrected chi connectivity index (χ3v) is 6.30. The van der Waals surface area contributed by atoms with Gasteiger partial charge >= 0.3 is 0 Å². The van der Waals surface area contributed by atoms with Crippen molar-refractivity contribution >= 4 is 38.9 Å². The van der Waals surface area contributed by atoms with Gasteiger partial charge in [-0.1, -0.05) is 18.0 Å². The first-order valence-corrected chi connectivity index (χ1v) is 9.65. The Bertz CT molecular complexity index is 733. The quantitative estimate of drug-likeness (QED) is 0.776. The Balaban J connectivity index is 1.54. The predicted molar refractivity (Wildman–Crippen MR) is 98.6 cm³/mol. The number of benzene rings is 1. The summed E-state index contributed by atoms with van der Waals surface area (Å²) in [4.78, 5) is 15.3. The number of hydrogen-bond donors (Lipinski definition) is 1. The number of nitrogens with zero attached hydrogens (tertiary/aromatic N) is 1. The van der Waals surface area contributed by atoms with E-state index in [0.29, 0.717) is 27.2 Å². The zero-order chi connectivity index (χ0) is 17.1. The van der Waals surface area contributed by atoms with E-state index in [1.54, 1.807) is 6.07 Å². The first-order chi connectivity index (χ1) is 11.6. The fourth-order valence-electron chi connectivity index (χ4n) is 3.24. The Kier molecular flexibility index (Phi) is 5.74. The normalized spacial score (nSPS) is 18.9. The highest BCUT2D eigenvalue weighted by Crippen LogP contribution is 2.35. The van der Waals surface area contributed by atoms with Gasteiger partial charge in [0.1, 0.15) is 10.7 Å². The number of piperidine rings is 1. The zero-order valence-corrected chi connectivity index (χ0v) is 15.4. The van der Waals surface area contributed by atoms with Gasteiger partial charge in [0.05, 0.1) is 5.02 Å². The number of amides is 1. The van der Waals surface area contributed by atoms with Gasteiger partial charge in [0.25, 0.3) is 5.91 Å². The van der Waals surface area contributed by atoms with Crippen molar-refractivity contribution < 1.29 is 9.18 Å². The van der Waals surface area contributed by atoms with Crippen molar-refractivity contribution in [2.45, 2.75) is 38.6 Å². The van der Waals surface area contributed by atoms with E-state index in [1.165, 1.54) is 42.7 Å². The second-order valence-electron chi connectivity index (χ2n) is 6.38. The minimum absolute atomic E-state index is 0.173. The Morgan fingerprint density at radius 2 is 2.29 bits per heavy atom. The maximum Gasteiger partial charge on any atom is 0.262 e. The lowest BCUT2D eigenvalue weighted by Crippen LogP contribution is -2.39. The van der Waals surface area contributed by atoms with Gasteiger partial charge in [0, 0.05) is 29.2 Å². The second-order valence-corrected chi connectivity index (χ2v) is 7.81. The van der Waals surface area contributed by atoms with Gasteiger partial charge in [0.15, 0.2) is 0 Å². The molecule has 0 bridgehead atoms. The molecule has 2 heterocycles. The molecule has 1 amide bonds. The molecule has 1 N–H and O–H groups in total. The molecule has 1 aliphatic rings. The molecule has 1 aromatic carbocycles. The maximum absolute atomic E-state index is 13.3. The Morgan fingerprint density at radius 1 is 1.46 bits per heavy atom. The van der Waals surface area contributed by atoms with Crippen LogP contribution in [0, 0.1) is 5.82 Å². The van der Waals surface area contributed by atoms with E-state index in [4.69, 9.17) is 11.6 Å². The van der Waals surface area contributed by atoms with Crippen LogP contribution in [0.15, 0.2) is 18.2 Å². The number of hydrogen-bond acceptors (Lipinski definition) is 3. The molecule has 3 nitrogen and oxygen atoms in total. The van der Waals surface area contributed by atoms with Crippen LogP contribution in [-0.2, 0) is 0 Å². The number of carbonyl (C=O) groups excluding carboxylic acids is 1. The van der Waals surface area contributed by atoms with Crippen molar-refractivity contribution in [1.29, 1.82) is 0 Å². The molecule has 0 radical (unpaired) electrons. The highest BCUT2D eigenvalue weighted by Gasteiger charge is 2.19. The van der Waals surface area contributed by atoms with Crippen molar-refractivity contribution in [3.63, 3.8) is 0 Å². The first-order valence-electron chi connectivity index (χ1n) is 8.46. The molecule has 0 aliphatic carbocycles. The third-order valence-electron chi connectivity index (χ3n) is 4.65. The van der Waals surface area contributed by atoms with E-state index >= 15 is 0 Å². The van der Waals surface area contributed by atoms with E-state index in [2.05, 4.69) is 17.1 Å². The van der Waals surface area contributed by atoms with E-state index in [-0.39, 0.29) is 11.7 Å². The summed E-state index contributed by atoms with van der Waals surface area (Å²) in [5.74, 6) is -0.490. The summed E-state index contributed by atoms with van der Waals surface area (Å²) < 4.78 is 14.0. The van der Waals surface area contributed by atoms with E-state index in [9.17, 15) is 9.18 Å². The number of thiophene rings is 1. The summed E-state index contributed by atoms with van der Waals surface area (Å²) in [5.41, 5.74) is 0. The molecule has 2 aromatic rings. The number of halogens is 2. The van der Waals surface area contributed by atoms with Gasteiger partial charge in [0.2, 0.25) is 0 Å². The molecular formula is C18H22ClFN2OS. The van der Waals surface area contributed by atoms with Gasteiger partial charge < -0.3 is 10.2 Å². The first kappa shape index (κ1) is 17.6. The van der Waals surface area contributed by atoms with Crippen LogP contribution in [0.1, 0.15) is 42.3 Å². The lowest BCUT2D eigenvalue weighted by molar-refractivity contribution is 0.0953. The summed E-state index contributed by atoms with van der Waals surface area (Å²) in [5, 5.41) is 4.08. The standard InChI is InChI=1S/C18H22ClFN2OS/c1-12-5-2-3-9-22(12)10-4-8-21-18(23)17-16(19)14-7-6-13(20)11-15(14)24-17/h6-7,11-12H,2-5,8-10H2,1H3,(H,21,23)/t12-/m0/s1. The number of likely N-dealkylation sites (tertiary alicyclic amines) is 1. The van der Waals surface area contributed by atoms with Crippen molar-refractivity contribution in [2.24, 2.45) is 0 Å². The largest absolute Gasteiger partial charge is 0.351 e. The lowest BCUT2D eigenvalue weighted by Gasteiger charge is -2.33. The van der Waals surface area contributed by atoms with Crippen LogP contribution in [0.5, 0.6) is 0 Å². The molecular weight excluding hydrogens is 347 g/mol. The average Bonchev–Trinajstić information content (AvgIpc) is 2.89. The topological polar surface area (TPSA) is 32.3 Å². The van der Waals surface area contributed by atoms with Crippen molar-refractivity contribution in [2.75, 3.05) is 19.6 Å². The van der Waals surface area contributed by atoms with Gasteiger partial charge in [-0.25, -0.2) is 4.39 Å². The summed E-state index contributed by atoms with van der Waals surface area (Å²) in [7, 11) is 0. The van der Waals surface area contributed by atoms with Crippen molar-refractivity contribution in [1.82, 2.24) is 10.2 Å². The van der Waals surface area contributed by atoms with E-state index < -0.39 is 0 Å². The van der Waals surface area contributed by atoms with Gasteiger partial charge in [-0.3, -0.25) is 4.79 Å². The van der Waals surface area contributed by atoms with Crippen LogP contribution in [0.4, 0.5) is 4.39 Å². The third kappa shape index (κ3) is 3.90. The van der Waals surface area contributed by atoms with Gasteiger partial charge in [-0.2, -0.15) is 0 Å². The molecule has 0 saturated carbocycles. The molecule has 3 rings (SSSR count). The highest BCUT2D eigenvalue weighted by atomic mass is 35.5. The van der Waals surface area contributed by atoms with E-state index in [0.717, 1.165) is 24.9 Å². The predicted octanol–water partition coefficient (Wildman–Crippen LogP) is 4.69. The van der Waals surface area contributed by atoms with Gasteiger partial charge in [-0.05, 0) is 50.9 Å². The Morgan fingerprint density at radius 3 is 3.08 bits per heavy atom. The van der Waals surface area contributed by atoms with Gasteiger partial charge in [-0.15, -0.1) is 11.3 Å². The van der Waals surface area contributed by atoms with Crippen LogP contribution in [-0.4, -0.2) is 36.5 Å². The summed E-state index contributed by atoms with van der Waals surface area (Å²) >= 11 is 7.52. The summed E-state index contributed by atoms with van der Waals surface area (Å²) in [6, 6.07) is 5.04. The molecule has 0 unspecified atom stereocenters. The summed E-state index contributed by atoms with van der Waals surface area (Å²) in [6.07, 6.45) is 4.78. The molecule has 24 heavy (non-hydrogen) atoms. The monoisotopic (exact) mass is 368 g/mol. The molecule has 1 aromatic heterocycles. The highest BCUT2D eigenvalue weighted by molar-refractivity contribution is 7.21. The average molecular weight is 369 g/mol. The second kappa shape index (κ2) is 7.81. The maximum atomic E-state index is 13.3. The number of carbonyl (C=O) groups is 1. The fraction of sp³-hybridized carbons (Fsp3) is 0.500. The number of fused-ring (bicyclic) bond motifs is 1. The van der Waals surface area contributed by atoms with Crippen LogP contribution < -0.4 is 5.32 Å². The lowest BCUT2D eigenvalue weighted by atomic mass is 10.0. The minimum atomic E-state index is -0.317. The smallest absolute Gasteiger partial charge is 0.262 e. The van der Waals surface area contributed by atoms with E-state index in [1.807, 2.05) is 0 Å². The molecule has 1 atom stereocenters. The summed E-state index contributed by atoms with van der Waals surface area (Å²) in [6.45, 7) is 5.06. The van der Waals surface area contributed by atoms with Crippen molar-refractivity contribution in [3.05, 3.63) is 33.9 Å². The van der Waals surface area contributed by atoms with Crippen LogP contribution in [0.2, 0.25) is 5.02 Å². The molecule has 0 spiro atoms. The van der Waals surface area contributed by atoms with Crippen molar-refractivity contribution in [3.8, 4) is 0 Å². The zero-order valence-electron chi connectivity index (χ0n) is 13.8. The molecule has 1 saturated heterocycles. The molecule has 6 heteroatoms. The van der Waals surface area contributed by atoms with Crippen LogP contribution in [0.25, 0.3) is 10.1 Å². The SMILES string of the molecule is C[C@H]1CCCCN1CCCNC(=O)c1sc2cc(F)ccc2c1Cl. The fourth-order valence-corrected chi connectivity index (χ4v) is 4.70. The molecule has 1 fully saturated rings. The van der Waals surface area contributed by atoms with Crippen LogP contribution >= 0.6 is 22.9 Å². The Labute approximate surface area is 150 Å². The molecule has 130 valence electrons. The Hall–Kier alpha value is -1.17. The number of rotatable bonds is 5. The van der Waals surface area contributed by atoms with Crippen LogP contribution in [0.3, 0.4) is 0 Å².